The van der Waals surface area contributed by atoms with E-state index in [4.69, 9.17) is 17.3 Å². The van der Waals surface area contributed by atoms with Crippen LogP contribution in [0.15, 0.2) is 24.3 Å². The Hall–Kier alpha value is -1.60. The van der Waals surface area contributed by atoms with Gasteiger partial charge in [0.15, 0.2) is 9.84 Å². The van der Waals surface area contributed by atoms with E-state index in [1.807, 2.05) is 0 Å². The number of rotatable bonds is 2. The SMILES string of the molecule is Nc1cc(-c2ccc(Cl)c(F)c2)nn1C1CCS(=O)(=O)C1. The summed E-state index contributed by atoms with van der Waals surface area (Å²) in [6.45, 7) is 0. The van der Waals surface area contributed by atoms with Gasteiger partial charge >= 0.3 is 0 Å². The van der Waals surface area contributed by atoms with Crippen LogP contribution in [-0.2, 0) is 9.84 Å². The molecule has 1 aromatic heterocycles. The molecule has 112 valence electrons. The smallest absolute Gasteiger partial charge is 0.152 e. The fourth-order valence-corrected chi connectivity index (χ4v) is 4.28. The lowest BCUT2D eigenvalue weighted by atomic mass is 10.1. The predicted molar refractivity (Wildman–Crippen MR) is 79.4 cm³/mol. The second-order valence-electron chi connectivity index (χ2n) is 5.08. The minimum absolute atomic E-state index is 0.0350. The van der Waals surface area contributed by atoms with E-state index < -0.39 is 15.7 Å². The molecule has 0 saturated carbocycles. The third-order valence-corrected chi connectivity index (χ3v) is 5.59. The molecule has 0 amide bonds. The summed E-state index contributed by atoms with van der Waals surface area (Å²) in [5, 5.41) is 4.35. The van der Waals surface area contributed by atoms with Crippen LogP contribution in [0.2, 0.25) is 5.02 Å². The maximum Gasteiger partial charge on any atom is 0.152 e. The summed E-state index contributed by atoms with van der Waals surface area (Å²) in [6, 6.07) is 5.71. The van der Waals surface area contributed by atoms with Crippen LogP contribution in [0.25, 0.3) is 11.3 Å². The Kier molecular flexibility index (Phi) is 3.41. The van der Waals surface area contributed by atoms with Crippen LogP contribution >= 0.6 is 11.6 Å². The van der Waals surface area contributed by atoms with Crippen LogP contribution in [0.4, 0.5) is 10.2 Å². The van der Waals surface area contributed by atoms with Gasteiger partial charge in [0.05, 0.1) is 28.3 Å². The summed E-state index contributed by atoms with van der Waals surface area (Å²) in [6.07, 6.45) is 0.489. The molecule has 1 atom stereocenters. The first kappa shape index (κ1) is 14.3. The molecule has 5 nitrogen and oxygen atoms in total. The summed E-state index contributed by atoms with van der Waals surface area (Å²) >= 11 is 5.65. The van der Waals surface area contributed by atoms with E-state index in [1.54, 1.807) is 12.1 Å². The Morgan fingerprint density at radius 2 is 2.14 bits per heavy atom. The largest absolute Gasteiger partial charge is 0.384 e. The fraction of sp³-hybridized carbons (Fsp3) is 0.308. The molecule has 3 rings (SSSR count). The molecule has 21 heavy (non-hydrogen) atoms. The molecule has 8 heteroatoms. The van der Waals surface area contributed by atoms with Gasteiger partial charge < -0.3 is 5.73 Å². The van der Waals surface area contributed by atoms with Gasteiger partial charge in [-0.2, -0.15) is 5.10 Å². The van der Waals surface area contributed by atoms with Gasteiger partial charge in [0.2, 0.25) is 0 Å². The molecule has 0 radical (unpaired) electrons. The molecule has 1 aliphatic heterocycles. The Labute approximate surface area is 126 Å². The molecule has 1 aromatic carbocycles. The topological polar surface area (TPSA) is 78.0 Å². The van der Waals surface area contributed by atoms with Gasteiger partial charge in [-0.1, -0.05) is 17.7 Å². The highest BCUT2D eigenvalue weighted by Crippen LogP contribution is 2.30. The normalized spacial score (nSPS) is 20.8. The molecule has 1 unspecified atom stereocenters. The molecule has 1 fully saturated rings. The van der Waals surface area contributed by atoms with Gasteiger partial charge in [0, 0.05) is 11.6 Å². The average molecular weight is 330 g/mol. The first-order valence-electron chi connectivity index (χ1n) is 6.36. The zero-order valence-corrected chi connectivity index (χ0v) is 12.5. The van der Waals surface area contributed by atoms with Gasteiger partial charge in [-0.3, -0.25) is 0 Å². The molecule has 0 spiro atoms. The van der Waals surface area contributed by atoms with Crippen LogP contribution in [0.1, 0.15) is 12.5 Å². The number of anilines is 1. The van der Waals surface area contributed by atoms with Crippen molar-refractivity contribution in [3.63, 3.8) is 0 Å². The standard InChI is InChI=1S/C13H13ClFN3O2S/c14-10-2-1-8(5-11(10)15)12-6-13(16)18(17-12)9-3-4-21(19,20)7-9/h1-2,5-6,9H,3-4,7,16H2. The predicted octanol–water partition coefficient (Wildman–Crippen LogP) is 2.28. The van der Waals surface area contributed by atoms with Crippen molar-refractivity contribution in [1.29, 1.82) is 0 Å². The minimum Gasteiger partial charge on any atom is -0.384 e. The van der Waals surface area contributed by atoms with Crippen molar-refractivity contribution in [3.8, 4) is 11.3 Å². The van der Waals surface area contributed by atoms with Gasteiger partial charge in [0.25, 0.3) is 0 Å². The first-order valence-corrected chi connectivity index (χ1v) is 8.56. The van der Waals surface area contributed by atoms with Crippen molar-refractivity contribution in [1.82, 2.24) is 9.78 Å². The molecule has 2 aromatic rings. The van der Waals surface area contributed by atoms with E-state index in [2.05, 4.69) is 5.10 Å². The van der Waals surface area contributed by atoms with E-state index in [-0.39, 0.29) is 22.6 Å². The minimum atomic E-state index is -3.02. The monoisotopic (exact) mass is 329 g/mol. The quantitative estimate of drug-likeness (QED) is 0.917. The third-order valence-electron chi connectivity index (χ3n) is 3.53. The molecule has 0 bridgehead atoms. The second kappa shape index (κ2) is 4.99. The zero-order valence-electron chi connectivity index (χ0n) is 11.0. The van der Waals surface area contributed by atoms with E-state index in [0.29, 0.717) is 23.5 Å². The summed E-state index contributed by atoms with van der Waals surface area (Å²) in [4.78, 5) is 0. The average Bonchev–Trinajstić information content (AvgIpc) is 2.95. The lowest BCUT2D eigenvalue weighted by Gasteiger charge is -2.10. The van der Waals surface area contributed by atoms with Crippen LogP contribution in [-0.4, -0.2) is 29.7 Å². The van der Waals surface area contributed by atoms with Crippen molar-refractivity contribution in [2.75, 3.05) is 17.2 Å². The number of hydrogen-bond donors (Lipinski definition) is 1. The molecule has 2 N–H and O–H groups in total. The lowest BCUT2D eigenvalue weighted by Crippen LogP contribution is -2.14. The third kappa shape index (κ3) is 2.75. The van der Waals surface area contributed by atoms with Gasteiger partial charge in [0.1, 0.15) is 11.6 Å². The summed E-state index contributed by atoms with van der Waals surface area (Å²) in [5.41, 5.74) is 6.94. The number of sulfone groups is 1. The number of halogens is 2. The van der Waals surface area contributed by atoms with Crippen molar-refractivity contribution < 1.29 is 12.8 Å². The number of benzene rings is 1. The molecule has 1 aliphatic rings. The van der Waals surface area contributed by atoms with E-state index in [0.717, 1.165) is 0 Å². The molecular weight excluding hydrogens is 317 g/mol. The Morgan fingerprint density at radius 1 is 1.38 bits per heavy atom. The highest BCUT2D eigenvalue weighted by molar-refractivity contribution is 7.91. The van der Waals surface area contributed by atoms with Gasteiger partial charge in [-0.15, -0.1) is 0 Å². The van der Waals surface area contributed by atoms with Crippen LogP contribution in [0.5, 0.6) is 0 Å². The Morgan fingerprint density at radius 3 is 2.76 bits per heavy atom. The highest BCUT2D eigenvalue weighted by atomic mass is 35.5. The summed E-state index contributed by atoms with van der Waals surface area (Å²) in [7, 11) is -3.02. The van der Waals surface area contributed by atoms with Crippen LogP contribution in [0, 0.1) is 5.82 Å². The van der Waals surface area contributed by atoms with E-state index in [9.17, 15) is 12.8 Å². The Balaban J connectivity index is 1.96. The maximum absolute atomic E-state index is 13.5. The highest BCUT2D eigenvalue weighted by Gasteiger charge is 2.31. The summed E-state index contributed by atoms with van der Waals surface area (Å²) < 4.78 is 38.1. The van der Waals surface area contributed by atoms with Gasteiger partial charge in [-0.05, 0) is 18.6 Å². The summed E-state index contributed by atoms with van der Waals surface area (Å²) in [5.74, 6) is 0.00279. The number of hydrogen-bond acceptors (Lipinski definition) is 4. The maximum atomic E-state index is 13.5. The first-order chi connectivity index (χ1) is 9.85. The molecule has 1 saturated heterocycles. The van der Waals surface area contributed by atoms with Crippen molar-refractivity contribution in [2.45, 2.75) is 12.5 Å². The van der Waals surface area contributed by atoms with Crippen molar-refractivity contribution in [3.05, 3.63) is 35.1 Å². The second-order valence-corrected chi connectivity index (χ2v) is 7.72. The molecule has 0 aliphatic carbocycles. The number of nitrogens with two attached hydrogens (primary N) is 1. The van der Waals surface area contributed by atoms with Gasteiger partial charge in [-0.25, -0.2) is 17.5 Å². The van der Waals surface area contributed by atoms with Crippen LogP contribution in [0.3, 0.4) is 0 Å². The molecular formula is C13H13ClFN3O2S. The van der Waals surface area contributed by atoms with Crippen LogP contribution < -0.4 is 5.73 Å². The zero-order chi connectivity index (χ0) is 15.2. The lowest BCUT2D eigenvalue weighted by molar-refractivity contribution is 0.508. The number of nitrogens with zero attached hydrogens (tertiary/aromatic N) is 2. The Bertz CT molecular complexity index is 804. The number of aromatic nitrogens is 2. The van der Waals surface area contributed by atoms with E-state index >= 15 is 0 Å². The fourth-order valence-electron chi connectivity index (χ4n) is 2.47. The van der Waals surface area contributed by atoms with Crippen molar-refractivity contribution in [2.24, 2.45) is 0 Å². The van der Waals surface area contributed by atoms with E-state index in [1.165, 1.54) is 16.8 Å². The molecule has 2 heterocycles. The number of nitrogen functional groups attached to an aromatic ring is 1. The van der Waals surface area contributed by atoms with Crippen molar-refractivity contribution >= 4 is 27.3 Å².